The van der Waals surface area contributed by atoms with Crippen molar-refractivity contribution in [3.8, 4) is 0 Å². The van der Waals surface area contributed by atoms with Crippen LogP contribution in [0.4, 0.5) is 5.82 Å². The number of anilines is 1. The van der Waals surface area contributed by atoms with Crippen molar-refractivity contribution in [3.05, 3.63) is 16.5 Å². The molecular formula is C11H16Cl2N4O. The van der Waals surface area contributed by atoms with Crippen LogP contribution in [0.1, 0.15) is 26.7 Å². The van der Waals surface area contributed by atoms with Crippen molar-refractivity contribution < 1.29 is 4.79 Å². The fraction of sp³-hybridized carbons (Fsp3) is 0.545. The lowest BCUT2D eigenvalue weighted by molar-refractivity contribution is -0.116. The molecule has 0 aromatic carbocycles. The van der Waals surface area contributed by atoms with Crippen LogP contribution in [0.3, 0.4) is 0 Å². The van der Waals surface area contributed by atoms with Gasteiger partial charge in [0.25, 0.3) is 0 Å². The van der Waals surface area contributed by atoms with Gasteiger partial charge in [0.1, 0.15) is 11.3 Å². The highest BCUT2D eigenvalue weighted by Gasteiger charge is 2.10. The molecule has 2 N–H and O–H groups in total. The molecule has 1 aromatic heterocycles. The minimum absolute atomic E-state index is 0.128. The van der Waals surface area contributed by atoms with Gasteiger partial charge >= 0.3 is 0 Å². The van der Waals surface area contributed by atoms with E-state index in [0.717, 1.165) is 13.0 Å². The highest BCUT2D eigenvalue weighted by Crippen LogP contribution is 2.25. The van der Waals surface area contributed by atoms with Crippen LogP contribution in [0.5, 0.6) is 0 Å². The first-order chi connectivity index (χ1) is 8.50. The van der Waals surface area contributed by atoms with Gasteiger partial charge < -0.3 is 10.6 Å². The summed E-state index contributed by atoms with van der Waals surface area (Å²) < 4.78 is 0. The molecule has 7 heteroatoms. The molecule has 1 heterocycles. The second kappa shape index (κ2) is 7.51. The number of hydrogen-bond donors (Lipinski definition) is 2. The molecule has 0 radical (unpaired) electrons. The third-order valence-corrected chi connectivity index (χ3v) is 2.88. The SMILES string of the molecule is CC(C)NCCCC(=O)Nc1ncnc(Cl)c1Cl. The number of nitrogens with one attached hydrogen (secondary N) is 2. The van der Waals surface area contributed by atoms with Crippen molar-refractivity contribution in [2.24, 2.45) is 0 Å². The van der Waals surface area contributed by atoms with Crippen LogP contribution in [0.2, 0.25) is 10.2 Å². The molecule has 1 aromatic rings. The maximum Gasteiger partial charge on any atom is 0.225 e. The molecule has 100 valence electrons. The van der Waals surface area contributed by atoms with E-state index in [1.807, 2.05) is 0 Å². The van der Waals surface area contributed by atoms with E-state index in [9.17, 15) is 4.79 Å². The summed E-state index contributed by atoms with van der Waals surface area (Å²) in [7, 11) is 0. The van der Waals surface area contributed by atoms with Gasteiger partial charge in [0.2, 0.25) is 5.91 Å². The minimum Gasteiger partial charge on any atom is -0.315 e. The van der Waals surface area contributed by atoms with Crippen LogP contribution in [0.15, 0.2) is 6.33 Å². The first kappa shape index (κ1) is 15.1. The second-order valence-electron chi connectivity index (χ2n) is 4.09. The topological polar surface area (TPSA) is 66.9 Å². The van der Waals surface area contributed by atoms with Crippen molar-refractivity contribution in [3.63, 3.8) is 0 Å². The van der Waals surface area contributed by atoms with Crippen molar-refractivity contribution >= 4 is 34.9 Å². The second-order valence-corrected chi connectivity index (χ2v) is 4.82. The zero-order chi connectivity index (χ0) is 13.5. The van der Waals surface area contributed by atoms with Crippen molar-refractivity contribution in [1.82, 2.24) is 15.3 Å². The predicted molar refractivity (Wildman–Crippen MR) is 73.1 cm³/mol. The van der Waals surface area contributed by atoms with Gasteiger partial charge in [0, 0.05) is 12.5 Å². The summed E-state index contributed by atoms with van der Waals surface area (Å²) in [5.41, 5.74) is 0. The lowest BCUT2D eigenvalue weighted by Crippen LogP contribution is -2.24. The van der Waals surface area contributed by atoms with E-state index in [2.05, 4.69) is 34.4 Å². The van der Waals surface area contributed by atoms with Gasteiger partial charge in [-0.1, -0.05) is 37.0 Å². The molecule has 0 aliphatic rings. The predicted octanol–water partition coefficient (Wildman–Crippen LogP) is 2.50. The summed E-state index contributed by atoms with van der Waals surface area (Å²) in [4.78, 5) is 19.2. The lowest BCUT2D eigenvalue weighted by Gasteiger charge is -2.08. The van der Waals surface area contributed by atoms with Gasteiger partial charge in [-0.05, 0) is 13.0 Å². The molecule has 0 aliphatic heterocycles. The van der Waals surface area contributed by atoms with E-state index in [4.69, 9.17) is 23.2 Å². The van der Waals surface area contributed by atoms with E-state index in [-0.39, 0.29) is 21.9 Å². The number of carbonyl (C=O) groups excluding carboxylic acids is 1. The highest BCUT2D eigenvalue weighted by molar-refractivity contribution is 6.42. The summed E-state index contributed by atoms with van der Waals surface area (Å²) in [5, 5.41) is 6.13. The van der Waals surface area contributed by atoms with Gasteiger partial charge in [-0.15, -0.1) is 0 Å². The average Bonchev–Trinajstić information content (AvgIpc) is 2.30. The Morgan fingerprint density at radius 3 is 2.78 bits per heavy atom. The Balaban J connectivity index is 2.38. The summed E-state index contributed by atoms with van der Waals surface area (Å²) in [5.74, 6) is 0.107. The Morgan fingerprint density at radius 2 is 2.11 bits per heavy atom. The normalized spacial score (nSPS) is 10.7. The lowest BCUT2D eigenvalue weighted by atomic mass is 10.2. The Bertz CT molecular complexity index is 412. The Morgan fingerprint density at radius 1 is 1.39 bits per heavy atom. The van der Waals surface area contributed by atoms with Gasteiger partial charge in [-0.25, -0.2) is 9.97 Å². The molecule has 0 saturated carbocycles. The molecule has 0 fully saturated rings. The molecule has 5 nitrogen and oxygen atoms in total. The van der Waals surface area contributed by atoms with Gasteiger partial charge in [-0.2, -0.15) is 0 Å². The first-order valence-electron chi connectivity index (χ1n) is 5.70. The van der Waals surface area contributed by atoms with Crippen LogP contribution < -0.4 is 10.6 Å². The van der Waals surface area contributed by atoms with E-state index < -0.39 is 0 Å². The van der Waals surface area contributed by atoms with Crippen LogP contribution >= 0.6 is 23.2 Å². The van der Waals surface area contributed by atoms with E-state index in [1.54, 1.807) is 0 Å². The standard InChI is InChI=1S/C11H16Cl2N4O/c1-7(2)14-5-3-4-8(18)17-11-9(12)10(13)15-6-16-11/h6-7,14H,3-5H2,1-2H3,(H,15,16,17,18). The van der Waals surface area contributed by atoms with E-state index in [1.165, 1.54) is 6.33 Å². The number of halogens is 2. The fourth-order valence-corrected chi connectivity index (χ4v) is 1.55. The van der Waals surface area contributed by atoms with Gasteiger partial charge in [-0.3, -0.25) is 4.79 Å². The monoisotopic (exact) mass is 290 g/mol. The zero-order valence-corrected chi connectivity index (χ0v) is 11.8. The molecule has 0 bridgehead atoms. The minimum atomic E-state index is -0.141. The molecule has 18 heavy (non-hydrogen) atoms. The van der Waals surface area contributed by atoms with Gasteiger partial charge in [0.05, 0.1) is 0 Å². The Kier molecular flexibility index (Phi) is 6.32. The fourth-order valence-electron chi connectivity index (χ4n) is 1.27. The summed E-state index contributed by atoms with van der Waals surface area (Å²) in [6, 6.07) is 0.420. The molecule has 1 amide bonds. The van der Waals surface area contributed by atoms with Crippen molar-refractivity contribution in [2.45, 2.75) is 32.7 Å². The molecular weight excluding hydrogens is 275 g/mol. The molecule has 0 aliphatic carbocycles. The highest BCUT2D eigenvalue weighted by atomic mass is 35.5. The quantitative estimate of drug-likeness (QED) is 0.624. The largest absolute Gasteiger partial charge is 0.315 e. The van der Waals surface area contributed by atoms with E-state index >= 15 is 0 Å². The molecule has 0 atom stereocenters. The number of aromatic nitrogens is 2. The van der Waals surface area contributed by atoms with Crippen LogP contribution in [0, 0.1) is 0 Å². The van der Waals surface area contributed by atoms with Crippen molar-refractivity contribution in [1.29, 1.82) is 0 Å². The maximum atomic E-state index is 11.6. The van der Waals surface area contributed by atoms with E-state index in [0.29, 0.717) is 12.5 Å². The Labute approximate surface area is 116 Å². The zero-order valence-electron chi connectivity index (χ0n) is 10.3. The maximum absolute atomic E-state index is 11.6. The van der Waals surface area contributed by atoms with Crippen molar-refractivity contribution in [2.75, 3.05) is 11.9 Å². The van der Waals surface area contributed by atoms with Gasteiger partial charge in [0.15, 0.2) is 11.0 Å². The number of hydrogen-bond acceptors (Lipinski definition) is 4. The van der Waals surface area contributed by atoms with Crippen LogP contribution in [-0.2, 0) is 4.79 Å². The number of carbonyl (C=O) groups is 1. The number of amides is 1. The summed E-state index contributed by atoms with van der Waals surface area (Å²) >= 11 is 11.6. The molecule has 0 unspecified atom stereocenters. The summed E-state index contributed by atoms with van der Waals surface area (Å²) in [6.45, 7) is 4.91. The van der Waals surface area contributed by atoms with Crippen LogP contribution in [0.25, 0.3) is 0 Å². The molecule has 1 rings (SSSR count). The third-order valence-electron chi connectivity index (χ3n) is 2.14. The number of nitrogens with zero attached hydrogens (tertiary/aromatic N) is 2. The smallest absolute Gasteiger partial charge is 0.225 e. The molecule has 0 spiro atoms. The number of rotatable bonds is 6. The Hall–Kier alpha value is -0.910. The molecule has 0 saturated heterocycles. The third kappa shape index (κ3) is 5.16. The summed E-state index contributed by atoms with van der Waals surface area (Å²) in [6.07, 6.45) is 2.41. The van der Waals surface area contributed by atoms with Crippen LogP contribution in [-0.4, -0.2) is 28.5 Å². The first-order valence-corrected chi connectivity index (χ1v) is 6.45. The average molecular weight is 291 g/mol.